The van der Waals surface area contributed by atoms with Crippen molar-refractivity contribution in [2.24, 2.45) is 5.41 Å². The second kappa shape index (κ2) is 13.8. The molecule has 1 aliphatic carbocycles. The Balaban J connectivity index is 0.986. The lowest BCUT2D eigenvalue weighted by atomic mass is 9.73. The van der Waals surface area contributed by atoms with Gasteiger partial charge in [0.25, 0.3) is 17.7 Å². The molecule has 8 rings (SSSR count). The fraction of sp³-hybridized carbons (Fsp3) is 0.279. The van der Waals surface area contributed by atoms with E-state index in [9.17, 15) is 18.8 Å². The van der Waals surface area contributed by atoms with E-state index in [2.05, 4.69) is 27.1 Å². The summed E-state index contributed by atoms with van der Waals surface area (Å²) in [6.45, 7) is 13.4. The first kappa shape index (κ1) is 35.1. The third kappa shape index (κ3) is 6.38. The van der Waals surface area contributed by atoms with E-state index >= 15 is 0 Å². The predicted octanol–water partition coefficient (Wildman–Crippen LogP) is 7.35. The number of rotatable bonds is 6. The molecule has 2 N–H and O–H groups in total. The number of carbonyl (C=O) groups excluding carboxylic acids is 3. The van der Waals surface area contributed by atoms with Gasteiger partial charge in [0.15, 0.2) is 0 Å². The number of halogens is 1. The van der Waals surface area contributed by atoms with Gasteiger partial charge in [0.1, 0.15) is 11.6 Å². The molecule has 2 aromatic carbocycles. The minimum Gasteiger partial charge on any atom is -0.381 e. The highest BCUT2D eigenvalue weighted by Gasteiger charge is 2.45. The molecule has 4 aromatic rings. The van der Waals surface area contributed by atoms with Gasteiger partial charge in [-0.3, -0.25) is 19.4 Å². The van der Waals surface area contributed by atoms with E-state index < -0.39 is 11.7 Å². The van der Waals surface area contributed by atoms with E-state index in [1.54, 1.807) is 66.7 Å². The van der Waals surface area contributed by atoms with Crippen molar-refractivity contribution in [3.8, 4) is 0 Å². The Morgan fingerprint density at radius 2 is 1.63 bits per heavy atom. The summed E-state index contributed by atoms with van der Waals surface area (Å²) >= 11 is 0. The summed E-state index contributed by atoms with van der Waals surface area (Å²) in [7, 11) is 0. The van der Waals surface area contributed by atoms with E-state index in [0.717, 1.165) is 55.8 Å². The van der Waals surface area contributed by atoms with Gasteiger partial charge < -0.3 is 25.2 Å². The summed E-state index contributed by atoms with van der Waals surface area (Å²) in [4.78, 5) is 54.5. The smallest absolute Gasteiger partial charge is 0.259 e. The number of nitrogens with zero attached hydrogens (tertiary/aromatic N) is 4. The molecule has 10 nitrogen and oxygen atoms in total. The molecule has 0 unspecified atom stereocenters. The van der Waals surface area contributed by atoms with Gasteiger partial charge >= 0.3 is 0 Å². The van der Waals surface area contributed by atoms with Crippen LogP contribution in [0.15, 0.2) is 96.4 Å². The summed E-state index contributed by atoms with van der Waals surface area (Å²) in [6, 6.07) is 15.3. The number of para-hydroxylation sites is 1. The molecule has 5 heterocycles. The maximum absolute atomic E-state index is 14.6. The summed E-state index contributed by atoms with van der Waals surface area (Å²) in [5, 5.41) is 5.73. The van der Waals surface area contributed by atoms with Crippen molar-refractivity contribution in [3.05, 3.63) is 136 Å². The number of aryl methyl sites for hydroxylation is 3. The lowest BCUT2D eigenvalue weighted by Gasteiger charge is -2.53. The number of benzene rings is 2. The average molecular weight is 725 g/mol. The quantitative estimate of drug-likeness (QED) is 0.214. The van der Waals surface area contributed by atoms with Gasteiger partial charge in [0.05, 0.1) is 22.6 Å². The maximum atomic E-state index is 14.6. The third-order valence-corrected chi connectivity index (χ3v) is 10.9. The third-order valence-electron chi connectivity index (χ3n) is 10.9. The number of anilines is 4. The Bertz CT molecular complexity index is 2280. The number of nitrogens with one attached hydrogen (secondary N) is 2. The van der Waals surface area contributed by atoms with E-state index in [1.807, 2.05) is 26.0 Å². The molecule has 274 valence electrons. The van der Waals surface area contributed by atoms with Crippen molar-refractivity contribution < 1.29 is 23.5 Å². The van der Waals surface area contributed by atoms with Crippen molar-refractivity contribution in [1.29, 1.82) is 0 Å². The second-order valence-electron chi connectivity index (χ2n) is 14.8. The summed E-state index contributed by atoms with van der Waals surface area (Å²) < 4.78 is 20.1. The topological polar surface area (TPSA) is 117 Å². The molecule has 4 aliphatic rings. The van der Waals surface area contributed by atoms with Gasteiger partial charge in [-0.2, -0.15) is 0 Å². The van der Waals surface area contributed by atoms with E-state index in [0.29, 0.717) is 69.3 Å². The first-order chi connectivity index (χ1) is 26.0. The van der Waals surface area contributed by atoms with E-state index in [1.165, 1.54) is 6.07 Å². The summed E-state index contributed by atoms with van der Waals surface area (Å²) in [5.74, 6) is -0.791. The minimum absolute atomic E-state index is 0.127. The Hall–Kier alpha value is -5.94. The van der Waals surface area contributed by atoms with Gasteiger partial charge in [-0.1, -0.05) is 18.7 Å². The molecule has 0 saturated carbocycles. The van der Waals surface area contributed by atoms with Crippen LogP contribution in [-0.4, -0.2) is 60.5 Å². The number of fused-ring (bicyclic) bond motifs is 2. The monoisotopic (exact) mass is 724 g/mol. The van der Waals surface area contributed by atoms with Crippen LogP contribution >= 0.6 is 0 Å². The number of amides is 3. The van der Waals surface area contributed by atoms with Crippen LogP contribution in [0, 0.1) is 32.0 Å². The normalized spacial score (nSPS) is 17.3. The van der Waals surface area contributed by atoms with Gasteiger partial charge in [0, 0.05) is 73.1 Å². The van der Waals surface area contributed by atoms with Gasteiger partial charge in [-0.15, -0.1) is 0 Å². The molecule has 2 fully saturated rings. The number of hydrogen-bond acceptors (Lipinski definition) is 7. The van der Waals surface area contributed by atoms with E-state index in [4.69, 9.17) is 9.72 Å². The SMILES string of the molecule is C=C1C(C(=O)Nc2c(C)cccc2F)=CC2=C1c1ncc(C)cc1N(C(=O)c1ccc(NC(=O)c3cc(C)cnc3N3CC4(CCOCC4)C3)cc1)CC2. The van der Waals surface area contributed by atoms with Crippen molar-refractivity contribution in [1.82, 2.24) is 9.97 Å². The Kier molecular flexibility index (Phi) is 8.97. The van der Waals surface area contributed by atoms with Crippen molar-refractivity contribution >= 4 is 46.2 Å². The zero-order valence-electron chi connectivity index (χ0n) is 30.6. The fourth-order valence-electron chi connectivity index (χ4n) is 7.91. The van der Waals surface area contributed by atoms with Crippen molar-refractivity contribution in [2.45, 2.75) is 40.0 Å². The first-order valence-electron chi connectivity index (χ1n) is 18.2. The Labute approximate surface area is 313 Å². The minimum atomic E-state index is -0.516. The highest BCUT2D eigenvalue weighted by molar-refractivity contribution is 6.16. The van der Waals surface area contributed by atoms with Crippen LogP contribution in [0.4, 0.5) is 27.3 Å². The van der Waals surface area contributed by atoms with Crippen LogP contribution in [0.2, 0.25) is 0 Å². The highest BCUT2D eigenvalue weighted by atomic mass is 19.1. The molecule has 2 aromatic heterocycles. The van der Waals surface area contributed by atoms with Crippen LogP contribution in [0.3, 0.4) is 0 Å². The van der Waals surface area contributed by atoms with Gasteiger partial charge in [0.2, 0.25) is 0 Å². The molecule has 0 atom stereocenters. The molecule has 1 spiro atoms. The lowest BCUT2D eigenvalue weighted by molar-refractivity contribution is -0.112. The summed E-state index contributed by atoms with van der Waals surface area (Å²) in [5.41, 5.74) is 7.71. The van der Waals surface area contributed by atoms with Crippen LogP contribution < -0.4 is 20.4 Å². The van der Waals surface area contributed by atoms with Gasteiger partial charge in [-0.25, -0.2) is 9.37 Å². The number of ether oxygens (including phenoxy) is 1. The van der Waals surface area contributed by atoms with Crippen molar-refractivity contribution in [3.63, 3.8) is 0 Å². The number of pyridine rings is 2. The largest absolute Gasteiger partial charge is 0.381 e. The number of carbonyl (C=O) groups is 3. The van der Waals surface area contributed by atoms with Crippen LogP contribution in [0.5, 0.6) is 0 Å². The molecule has 0 bridgehead atoms. The van der Waals surface area contributed by atoms with Gasteiger partial charge in [-0.05, 0) is 116 Å². The maximum Gasteiger partial charge on any atom is 0.259 e. The average Bonchev–Trinajstić information content (AvgIpc) is 3.39. The zero-order valence-corrected chi connectivity index (χ0v) is 30.6. The Morgan fingerprint density at radius 3 is 2.37 bits per heavy atom. The molecule has 11 heteroatoms. The first-order valence-corrected chi connectivity index (χ1v) is 18.2. The molecule has 3 aliphatic heterocycles. The molecule has 3 amide bonds. The van der Waals surface area contributed by atoms with E-state index in [-0.39, 0.29) is 22.9 Å². The zero-order chi connectivity index (χ0) is 37.7. The fourth-order valence-corrected chi connectivity index (χ4v) is 7.91. The highest BCUT2D eigenvalue weighted by Crippen LogP contribution is 2.45. The van der Waals surface area contributed by atoms with Crippen LogP contribution in [0.25, 0.3) is 5.57 Å². The molecule has 2 saturated heterocycles. The predicted molar refractivity (Wildman–Crippen MR) is 207 cm³/mol. The number of allylic oxidation sites excluding steroid dienone is 2. The Morgan fingerprint density at radius 1 is 0.907 bits per heavy atom. The molecule has 0 radical (unpaired) electrons. The molecular formula is C43H41FN6O4. The second-order valence-corrected chi connectivity index (χ2v) is 14.8. The van der Waals surface area contributed by atoms with Crippen LogP contribution in [-0.2, 0) is 9.53 Å². The lowest BCUT2D eigenvalue weighted by Crippen LogP contribution is -2.59. The molecular weight excluding hydrogens is 684 g/mol. The number of aromatic nitrogens is 2. The van der Waals surface area contributed by atoms with Crippen LogP contribution in [0.1, 0.15) is 62.4 Å². The molecule has 54 heavy (non-hydrogen) atoms. The van der Waals surface area contributed by atoms with Crippen molar-refractivity contribution in [2.75, 3.05) is 53.3 Å². The number of hydrogen-bond donors (Lipinski definition) is 2. The summed E-state index contributed by atoms with van der Waals surface area (Å²) in [6.07, 6.45) is 7.76. The standard InChI is InChI=1S/C43H41FN6O4/c1-25-18-33(39(46-22-25)49-23-43(24-49)13-16-54-17-14-43)41(52)47-31-10-8-29(9-11-31)42(53)50-15-12-30-20-32(40(51)48-37-27(3)6-5-7-34(37)44)28(4)36(30)38-35(50)19-26(2)21-45-38/h5-11,18-22H,4,12-17,23-24H2,1-3H3,(H,47,52)(H,48,51).